The van der Waals surface area contributed by atoms with E-state index in [-0.39, 0.29) is 67.2 Å². The molecular formula is C49H103N7O5S. The average Bonchev–Trinajstić information content (AvgIpc) is 3.75. The van der Waals surface area contributed by atoms with Crippen LogP contribution in [0.25, 0.3) is 0 Å². The second-order valence-electron chi connectivity index (χ2n) is 17.4. The highest BCUT2D eigenvalue weighted by Gasteiger charge is 2.33. The Bertz CT molecular complexity index is 1370. The van der Waals surface area contributed by atoms with Gasteiger partial charge in [0.15, 0.2) is 0 Å². The topological polar surface area (TPSA) is 210 Å². The maximum atomic E-state index is 12.8. The zero-order valence-electron chi connectivity index (χ0n) is 38.7. The van der Waals surface area contributed by atoms with Crippen molar-refractivity contribution >= 4 is 30.4 Å². The van der Waals surface area contributed by atoms with E-state index in [0.29, 0.717) is 43.3 Å². The summed E-state index contributed by atoms with van der Waals surface area (Å²) in [6.07, 6.45) is 15.1. The molecule has 4 fully saturated rings. The van der Waals surface area contributed by atoms with Gasteiger partial charge in [0.25, 0.3) is 0 Å². The van der Waals surface area contributed by atoms with Crippen LogP contribution in [-0.2, 0) is 20.9 Å². The van der Waals surface area contributed by atoms with Gasteiger partial charge in [-0.3, -0.25) is 30.3 Å². The molecule has 13 heteroatoms. The van der Waals surface area contributed by atoms with Crippen LogP contribution >= 0.6 is 12.6 Å². The van der Waals surface area contributed by atoms with Crippen molar-refractivity contribution in [3.8, 4) is 6.07 Å². The molecule has 0 bridgehead atoms. The van der Waals surface area contributed by atoms with Gasteiger partial charge in [0, 0.05) is 68.1 Å². The smallest absolute Gasteiger partial charge is 0.234 e. The van der Waals surface area contributed by atoms with Crippen molar-refractivity contribution in [3.63, 3.8) is 0 Å². The molecule has 0 spiro atoms. The van der Waals surface area contributed by atoms with Gasteiger partial charge in [-0.1, -0.05) is 113 Å². The Morgan fingerprint density at radius 3 is 2.05 bits per heavy atom. The number of carbonyl (C=O) groups is 3. The van der Waals surface area contributed by atoms with E-state index in [1.807, 2.05) is 45.0 Å². The van der Waals surface area contributed by atoms with Gasteiger partial charge in [0.05, 0.1) is 18.2 Å². The van der Waals surface area contributed by atoms with E-state index in [1.165, 1.54) is 38.5 Å². The van der Waals surface area contributed by atoms with E-state index in [9.17, 15) is 14.4 Å². The van der Waals surface area contributed by atoms with E-state index >= 15 is 0 Å². The highest BCUT2D eigenvalue weighted by atomic mass is 32.1. The lowest BCUT2D eigenvalue weighted by Gasteiger charge is -2.37. The van der Waals surface area contributed by atoms with E-state index in [4.69, 9.17) is 5.26 Å². The lowest BCUT2D eigenvalue weighted by molar-refractivity contribution is -0.134. The number of carbonyl (C=O) groups excluding carboxylic acids is 3. The predicted molar refractivity (Wildman–Crippen MR) is 273 cm³/mol. The van der Waals surface area contributed by atoms with Gasteiger partial charge in [-0.05, 0) is 100.0 Å². The number of nitrogens with one attached hydrogen (secondary N) is 6. The van der Waals surface area contributed by atoms with Crippen LogP contribution in [0.1, 0.15) is 183 Å². The summed E-state index contributed by atoms with van der Waals surface area (Å²) in [5, 5.41) is 28.2. The van der Waals surface area contributed by atoms with Crippen molar-refractivity contribution in [1.82, 2.24) is 31.9 Å². The number of nitriles is 1. The Kier molecular flexibility index (Phi) is 36.7. The molecule has 1 aromatic rings. The molecular weight excluding hydrogens is 799 g/mol. The number of hydrogen-bond donors (Lipinski definition) is 7. The van der Waals surface area contributed by atoms with Crippen molar-refractivity contribution in [2.24, 2.45) is 29.1 Å². The van der Waals surface area contributed by atoms with Crippen molar-refractivity contribution < 1.29 is 31.0 Å². The van der Waals surface area contributed by atoms with Gasteiger partial charge in [0.1, 0.15) is 0 Å². The van der Waals surface area contributed by atoms with Crippen molar-refractivity contribution in [2.45, 2.75) is 191 Å². The summed E-state index contributed by atoms with van der Waals surface area (Å²) in [5.41, 5.74) is 2.41. The normalized spacial score (nSPS) is 21.8. The van der Waals surface area contributed by atoms with Gasteiger partial charge in [-0.2, -0.15) is 17.9 Å². The first-order valence-electron chi connectivity index (χ1n) is 23.0. The summed E-state index contributed by atoms with van der Waals surface area (Å²) in [4.78, 5) is 36.3. The minimum atomic E-state index is -0.243. The first kappa shape index (κ1) is 63.7. The predicted octanol–water partition coefficient (Wildman–Crippen LogP) is 8.60. The third kappa shape index (κ3) is 22.9. The fourth-order valence-electron chi connectivity index (χ4n) is 9.13. The second-order valence-corrected chi connectivity index (χ2v) is 18.0. The van der Waals surface area contributed by atoms with E-state index in [0.717, 1.165) is 92.9 Å². The van der Waals surface area contributed by atoms with Gasteiger partial charge < -0.3 is 26.9 Å². The number of benzene rings is 1. The maximum Gasteiger partial charge on any atom is 0.234 e. The zero-order chi connectivity index (χ0) is 42.9. The first-order chi connectivity index (χ1) is 27.9. The largest absolute Gasteiger partial charge is 0.412 e. The van der Waals surface area contributed by atoms with Crippen LogP contribution in [0.15, 0.2) is 24.3 Å². The van der Waals surface area contributed by atoms with Crippen LogP contribution in [0.4, 0.5) is 0 Å². The molecule has 3 amide bonds. The van der Waals surface area contributed by atoms with Gasteiger partial charge >= 0.3 is 0 Å². The third-order valence-corrected chi connectivity index (χ3v) is 12.6. The molecule has 4 aliphatic rings. The third-order valence-electron chi connectivity index (χ3n) is 12.6. The summed E-state index contributed by atoms with van der Waals surface area (Å²) >= 11 is 3.79. The lowest BCUT2D eigenvalue weighted by atomic mass is 9.76. The molecule has 0 radical (unpaired) electrons. The number of imide groups is 1. The van der Waals surface area contributed by atoms with Crippen LogP contribution in [0.5, 0.6) is 0 Å². The minimum Gasteiger partial charge on any atom is -0.412 e. The molecule has 0 aromatic heterocycles. The lowest BCUT2D eigenvalue weighted by Crippen LogP contribution is -2.52. The van der Waals surface area contributed by atoms with Crippen LogP contribution in [0, 0.1) is 40.4 Å². The van der Waals surface area contributed by atoms with Crippen molar-refractivity contribution in [1.29, 1.82) is 5.26 Å². The molecule has 370 valence electrons. The monoisotopic (exact) mass is 902 g/mol. The van der Waals surface area contributed by atoms with Gasteiger partial charge in [-0.25, -0.2) is 0 Å². The quantitative estimate of drug-likeness (QED) is 0.0328. The van der Waals surface area contributed by atoms with Crippen molar-refractivity contribution in [3.05, 3.63) is 35.4 Å². The number of hydrogen-bond acceptors (Lipinski definition) is 9. The molecule has 2 aliphatic heterocycles. The second kappa shape index (κ2) is 35.7. The number of amides is 3. The minimum absolute atomic E-state index is 0. The molecule has 2 saturated carbocycles. The molecule has 10 N–H and O–H groups in total. The molecule has 62 heavy (non-hydrogen) atoms. The van der Waals surface area contributed by atoms with E-state index in [2.05, 4.69) is 85.2 Å². The highest BCUT2D eigenvalue weighted by Crippen LogP contribution is 2.38. The molecule has 5 atom stereocenters. The summed E-state index contributed by atoms with van der Waals surface area (Å²) in [6.45, 7) is 21.9. The molecule has 1 aromatic carbocycles. The maximum absolute atomic E-state index is 12.8. The first-order valence-corrected chi connectivity index (χ1v) is 23.7. The van der Waals surface area contributed by atoms with Crippen LogP contribution in [0.3, 0.4) is 0 Å². The Hall–Kier alpha value is -2.57. The summed E-state index contributed by atoms with van der Waals surface area (Å²) in [6, 6.07) is 11.2. The fourth-order valence-corrected chi connectivity index (χ4v) is 9.13. The van der Waals surface area contributed by atoms with E-state index in [1.54, 1.807) is 0 Å². The molecule has 2 saturated heterocycles. The SMILES string of the molecule is C.C.CC.CC1(CC#N)CNC1.CCCC(C(C)NC(C)NC1CCC(C(=O)NCCCNCc2ccc(C3CCC(=O)NC3=O)cc2)CC1)C(C)C1CCCC1.CCS.O.O.[HH].[HH].[HH].[HH]. The molecule has 2 heterocycles. The number of rotatable bonds is 18. The highest BCUT2D eigenvalue weighted by molar-refractivity contribution is 7.80. The Labute approximate surface area is 390 Å². The van der Waals surface area contributed by atoms with Gasteiger partial charge in [0.2, 0.25) is 17.7 Å². The number of thiol groups is 1. The van der Waals surface area contributed by atoms with Crippen LogP contribution in [0.2, 0.25) is 0 Å². The molecule has 12 nitrogen and oxygen atoms in total. The zero-order valence-corrected chi connectivity index (χ0v) is 39.6. The van der Waals surface area contributed by atoms with Gasteiger partial charge in [-0.15, -0.1) is 0 Å². The molecule has 2 aliphatic carbocycles. The summed E-state index contributed by atoms with van der Waals surface area (Å²) < 4.78 is 0. The Morgan fingerprint density at radius 1 is 0.952 bits per heavy atom. The van der Waals surface area contributed by atoms with Crippen molar-refractivity contribution in [2.75, 3.05) is 31.9 Å². The summed E-state index contributed by atoms with van der Waals surface area (Å²) in [7, 11) is 0. The average molecular weight is 902 g/mol. The summed E-state index contributed by atoms with van der Waals surface area (Å²) in [5.74, 6) is 3.08. The molecule has 5 rings (SSSR count). The molecule has 5 unspecified atom stereocenters. The Morgan fingerprint density at radius 2 is 1.55 bits per heavy atom. The van der Waals surface area contributed by atoms with Crippen LogP contribution in [-0.4, -0.2) is 78.9 Å². The van der Waals surface area contributed by atoms with E-state index < -0.39 is 0 Å². The standard InChI is InChI=1S/C37H61N5O3.C6H10N2.C2H6S.C2H6.2CH4.2H2O.4H2/c1-5-9-33(25(2)29-10-6-7-11-29)26(3)40-27(4)41-32-18-16-31(17-19-32)36(44)39-23-8-22-38-24-28-12-14-30(15-13-28)34-20-21-35(43)42-37(34)45;1-6(2-3-7)4-8-5-6;1-2-3;1-2;;;;;;;;/h12-15,25-27,29,31-34,38,40-41H,5-11,16-24H2,1-4H3,(H,39,44)(H,42,43,45);8H,2,4-5H2,1H3;3H,2H2,1H3;1-2H3;2*1H4;2*1H2;4*1H. The number of nitrogens with zero attached hydrogens (tertiary/aromatic N) is 1. The van der Waals surface area contributed by atoms with Crippen LogP contribution < -0.4 is 31.9 Å². The number of piperidine rings is 1. The Balaban J connectivity index is -0.000000292. The fraction of sp³-hybridized carbons (Fsp3) is 0.796.